The van der Waals surface area contributed by atoms with Gasteiger partial charge in [0.2, 0.25) is 5.82 Å². The molecule has 0 unspecified atom stereocenters. The number of halogens is 3. The molecule has 0 aliphatic heterocycles. The van der Waals surface area contributed by atoms with Gasteiger partial charge in [-0.25, -0.2) is 0 Å². The van der Waals surface area contributed by atoms with Crippen LogP contribution in [-0.2, 0) is 0 Å². The van der Waals surface area contributed by atoms with Gasteiger partial charge in [-0.2, -0.15) is 23.6 Å². The number of nitrogens with zero attached hydrogens (tertiary/aromatic N) is 4. The minimum Gasteiger partial charge on any atom is -0.360 e. The van der Waals surface area contributed by atoms with Gasteiger partial charge in [-0.15, -0.1) is 10.2 Å². The molecule has 0 saturated heterocycles. The number of rotatable bonds is 4. The van der Waals surface area contributed by atoms with Crippen molar-refractivity contribution in [3.8, 4) is 6.07 Å². The highest BCUT2D eigenvalue weighted by atomic mass is 32.2. The summed E-state index contributed by atoms with van der Waals surface area (Å²) in [5, 5.41) is 24.6. The van der Waals surface area contributed by atoms with Crippen molar-refractivity contribution < 1.29 is 13.2 Å². The van der Waals surface area contributed by atoms with Crippen LogP contribution >= 0.6 is 11.8 Å². The molecule has 108 valence electrons. The number of benzene rings is 1. The molecule has 1 heterocycles. The average molecular weight is 312 g/mol. The van der Waals surface area contributed by atoms with Crippen molar-refractivity contribution in [1.29, 1.82) is 5.26 Å². The van der Waals surface area contributed by atoms with E-state index in [1.54, 1.807) is 0 Å². The summed E-state index contributed by atoms with van der Waals surface area (Å²) in [7, 11) is 0. The van der Waals surface area contributed by atoms with E-state index in [1.165, 1.54) is 30.5 Å². The molecule has 2 rings (SSSR count). The van der Waals surface area contributed by atoms with Crippen LogP contribution in [0.25, 0.3) is 5.57 Å². The van der Waals surface area contributed by atoms with Gasteiger partial charge in [0.1, 0.15) is 11.6 Å². The highest BCUT2D eigenvalue weighted by Crippen LogP contribution is 2.37. The Morgan fingerprint density at radius 3 is 2.57 bits per heavy atom. The topological polar surface area (TPSA) is 90.3 Å². The summed E-state index contributed by atoms with van der Waals surface area (Å²) < 4.78 is 36.5. The van der Waals surface area contributed by atoms with E-state index in [4.69, 9.17) is 5.26 Å². The molecule has 0 bridgehead atoms. The van der Waals surface area contributed by atoms with E-state index in [9.17, 15) is 13.2 Å². The van der Waals surface area contributed by atoms with Gasteiger partial charge in [-0.3, -0.25) is 0 Å². The molecule has 0 spiro atoms. The van der Waals surface area contributed by atoms with Gasteiger partial charge >= 0.3 is 5.51 Å². The Bertz CT molecular complexity index is 657. The molecule has 0 fully saturated rings. The number of anilines is 1. The lowest BCUT2D eigenvalue weighted by molar-refractivity contribution is -0.0328. The molecule has 10 heteroatoms. The van der Waals surface area contributed by atoms with E-state index in [1.807, 2.05) is 6.07 Å². The zero-order valence-corrected chi connectivity index (χ0v) is 11.0. The number of thioether (sulfide) groups is 1. The van der Waals surface area contributed by atoms with Crippen LogP contribution in [0.3, 0.4) is 0 Å². The lowest BCUT2D eigenvalue weighted by Gasteiger charge is -2.06. The Labute approximate surface area is 121 Å². The Kier molecular flexibility index (Phi) is 4.44. The van der Waals surface area contributed by atoms with Gasteiger partial charge in [-0.1, -0.05) is 0 Å². The van der Waals surface area contributed by atoms with Crippen molar-refractivity contribution in [2.24, 2.45) is 0 Å². The van der Waals surface area contributed by atoms with Gasteiger partial charge in [0.05, 0.1) is 0 Å². The predicted molar refractivity (Wildman–Crippen MR) is 69.7 cm³/mol. The molecule has 0 aliphatic carbocycles. The van der Waals surface area contributed by atoms with E-state index < -0.39 is 5.51 Å². The molecule has 0 amide bonds. The van der Waals surface area contributed by atoms with Crippen LogP contribution in [0.1, 0.15) is 5.82 Å². The molecule has 2 aromatic rings. The molecular formula is C11H7F3N6S. The van der Waals surface area contributed by atoms with Crippen LogP contribution in [0.5, 0.6) is 0 Å². The first-order valence-electron chi connectivity index (χ1n) is 5.44. The maximum absolute atomic E-state index is 12.2. The van der Waals surface area contributed by atoms with Crippen molar-refractivity contribution in [3.05, 3.63) is 36.3 Å². The number of hydrogen-bond donors (Lipinski definition) is 2. The van der Waals surface area contributed by atoms with Crippen LogP contribution < -0.4 is 5.32 Å². The third-order valence-electron chi connectivity index (χ3n) is 2.18. The van der Waals surface area contributed by atoms with Crippen LogP contribution in [0, 0.1) is 11.3 Å². The average Bonchev–Trinajstić information content (AvgIpc) is 2.94. The fourth-order valence-corrected chi connectivity index (χ4v) is 1.87. The Morgan fingerprint density at radius 1 is 1.33 bits per heavy atom. The number of nitrogens with one attached hydrogen (secondary N) is 2. The van der Waals surface area contributed by atoms with Crippen LogP contribution in [0.4, 0.5) is 18.9 Å². The van der Waals surface area contributed by atoms with E-state index >= 15 is 0 Å². The number of allylic oxidation sites excluding steroid dienone is 1. The van der Waals surface area contributed by atoms with Crippen molar-refractivity contribution in [1.82, 2.24) is 20.6 Å². The standard InChI is InChI=1S/C11H7F3N6S/c12-11(13,14)21-9-3-1-8(2-4-9)16-6-7(5-15)10-17-19-20-18-10/h1-4,6,16H,(H,17,18,19,20). The largest absolute Gasteiger partial charge is 0.446 e. The van der Waals surface area contributed by atoms with Crippen molar-refractivity contribution in [2.45, 2.75) is 10.4 Å². The van der Waals surface area contributed by atoms with Gasteiger partial charge < -0.3 is 5.32 Å². The molecule has 1 aromatic heterocycles. The molecule has 0 saturated carbocycles. The van der Waals surface area contributed by atoms with E-state index in [0.717, 1.165) is 0 Å². The van der Waals surface area contributed by atoms with Gasteiger partial charge in [0.15, 0.2) is 0 Å². The zero-order valence-electron chi connectivity index (χ0n) is 10.2. The second-order valence-electron chi connectivity index (χ2n) is 3.62. The van der Waals surface area contributed by atoms with E-state index in [0.29, 0.717) is 5.69 Å². The fourth-order valence-electron chi connectivity index (χ4n) is 1.33. The monoisotopic (exact) mass is 312 g/mol. The Balaban J connectivity index is 2.05. The number of aromatic nitrogens is 4. The highest BCUT2D eigenvalue weighted by molar-refractivity contribution is 8.00. The first kappa shape index (κ1) is 14.9. The van der Waals surface area contributed by atoms with Gasteiger partial charge in [0, 0.05) is 16.8 Å². The summed E-state index contributed by atoms with van der Waals surface area (Å²) in [5.41, 5.74) is -3.66. The normalized spacial score (nSPS) is 12.0. The van der Waals surface area contributed by atoms with E-state index in [2.05, 4.69) is 25.9 Å². The van der Waals surface area contributed by atoms with Gasteiger partial charge in [-0.05, 0) is 41.2 Å². The van der Waals surface area contributed by atoms with Crippen molar-refractivity contribution >= 4 is 23.0 Å². The van der Waals surface area contributed by atoms with Crippen LogP contribution in [0.15, 0.2) is 35.4 Å². The molecule has 0 aliphatic rings. The summed E-state index contributed by atoms with van der Waals surface area (Å²) in [6, 6.07) is 7.47. The lowest BCUT2D eigenvalue weighted by Crippen LogP contribution is -1.99. The highest BCUT2D eigenvalue weighted by Gasteiger charge is 2.28. The molecule has 1 aromatic carbocycles. The van der Waals surface area contributed by atoms with Crippen LogP contribution in [-0.4, -0.2) is 26.1 Å². The second-order valence-corrected chi connectivity index (χ2v) is 4.76. The second kappa shape index (κ2) is 6.27. The maximum atomic E-state index is 12.2. The Hall–Kier alpha value is -2.54. The molecule has 0 radical (unpaired) electrons. The quantitative estimate of drug-likeness (QED) is 0.666. The predicted octanol–water partition coefficient (Wildman–Crippen LogP) is 2.79. The van der Waals surface area contributed by atoms with Crippen molar-refractivity contribution in [3.63, 3.8) is 0 Å². The minimum atomic E-state index is -4.32. The number of aromatic amines is 1. The summed E-state index contributed by atoms with van der Waals surface area (Å²) in [6.07, 6.45) is 1.34. The Morgan fingerprint density at radius 2 is 2.05 bits per heavy atom. The molecule has 2 N–H and O–H groups in total. The lowest BCUT2D eigenvalue weighted by atomic mass is 10.3. The summed E-state index contributed by atoms with van der Waals surface area (Å²) in [6.45, 7) is 0. The fraction of sp³-hybridized carbons (Fsp3) is 0.0909. The SMILES string of the molecule is N#CC(=CNc1ccc(SC(F)(F)F)cc1)c1nn[nH]n1. The van der Waals surface area contributed by atoms with E-state index in [-0.39, 0.29) is 28.1 Å². The number of hydrogen-bond acceptors (Lipinski definition) is 6. The zero-order chi connectivity index (χ0) is 15.3. The summed E-state index contributed by atoms with van der Waals surface area (Å²) >= 11 is -0.192. The molecule has 0 atom stereocenters. The minimum absolute atomic E-state index is 0.0794. The van der Waals surface area contributed by atoms with Crippen LogP contribution in [0.2, 0.25) is 0 Å². The molecular weight excluding hydrogens is 305 g/mol. The third-order valence-corrected chi connectivity index (χ3v) is 2.92. The van der Waals surface area contributed by atoms with Crippen molar-refractivity contribution in [2.75, 3.05) is 5.32 Å². The number of H-pyrrole nitrogens is 1. The third kappa shape index (κ3) is 4.50. The van der Waals surface area contributed by atoms with Gasteiger partial charge in [0.25, 0.3) is 0 Å². The number of alkyl halides is 3. The number of tetrazole rings is 1. The first-order valence-corrected chi connectivity index (χ1v) is 6.26. The smallest absolute Gasteiger partial charge is 0.360 e. The summed E-state index contributed by atoms with van der Waals surface area (Å²) in [5.74, 6) is 0.120. The molecule has 6 nitrogen and oxygen atoms in total. The summed E-state index contributed by atoms with van der Waals surface area (Å²) in [4.78, 5) is 0.0794. The number of nitriles is 1. The molecule has 21 heavy (non-hydrogen) atoms. The first-order chi connectivity index (χ1) is 9.98. The maximum Gasteiger partial charge on any atom is 0.446 e.